The molecule has 0 spiro atoms. The zero-order valence-corrected chi connectivity index (χ0v) is 13.7. The van der Waals surface area contributed by atoms with Gasteiger partial charge in [-0.25, -0.2) is 4.79 Å². The van der Waals surface area contributed by atoms with Crippen LogP contribution < -0.4 is 5.63 Å². The Labute approximate surface area is 142 Å². The summed E-state index contributed by atoms with van der Waals surface area (Å²) in [6.07, 6.45) is 0. The number of thiophene rings is 2. The van der Waals surface area contributed by atoms with Crippen LogP contribution in [0.4, 0.5) is 0 Å². The standard InChI is InChI=1S/C17H8N2O3S2/c20-17-10(7-9-3-1-2-4-11(9)21-17)15-18-19-16(22-15)14-8-13-12(24-14)5-6-23-13/h1-8H. The van der Waals surface area contributed by atoms with Crippen molar-refractivity contribution in [3.8, 4) is 22.2 Å². The summed E-state index contributed by atoms with van der Waals surface area (Å²) in [7, 11) is 0. The predicted octanol–water partition coefficient (Wildman–Crippen LogP) is 4.79. The molecule has 7 heteroatoms. The molecule has 116 valence electrons. The van der Waals surface area contributed by atoms with E-state index in [4.69, 9.17) is 8.83 Å². The minimum Gasteiger partial charge on any atom is -0.422 e. The van der Waals surface area contributed by atoms with E-state index >= 15 is 0 Å². The number of benzene rings is 1. The first-order valence-corrected chi connectivity index (χ1v) is 8.82. The van der Waals surface area contributed by atoms with E-state index < -0.39 is 5.63 Å². The van der Waals surface area contributed by atoms with E-state index in [0.717, 1.165) is 10.3 Å². The highest BCUT2D eigenvalue weighted by molar-refractivity contribution is 7.28. The Hall–Kier alpha value is -2.77. The van der Waals surface area contributed by atoms with Gasteiger partial charge in [-0.05, 0) is 29.6 Å². The van der Waals surface area contributed by atoms with Gasteiger partial charge >= 0.3 is 5.63 Å². The van der Waals surface area contributed by atoms with Crippen molar-refractivity contribution in [2.45, 2.75) is 0 Å². The fourth-order valence-electron chi connectivity index (χ4n) is 2.51. The van der Waals surface area contributed by atoms with E-state index in [-0.39, 0.29) is 11.5 Å². The maximum Gasteiger partial charge on any atom is 0.349 e. The normalized spacial score (nSPS) is 11.5. The first-order chi connectivity index (χ1) is 11.8. The van der Waals surface area contributed by atoms with Crippen LogP contribution in [0.2, 0.25) is 0 Å². The lowest BCUT2D eigenvalue weighted by atomic mass is 10.2. The Balaban J connectivity index is 1.63. The molecule has 24 heavy (non-hydrogen) atoms. The SMILES string of the molecule is O=c1oc2ccccc2cc1-c1nnc(-c2cc3sccc3s2)o1. The molecule has 0 radical (unpaired) electrons. The Morgan fingerprint density at radius 1 is 0.917 bits per heavy atom. The van der Waals surface area contributed by atoms with E-state index in [1.54, 1.807) is 34.8 Å². The highest BCUT2D eigenvalue weighted by Gasteiger charge is 2.17. The highest BCUT2D eigenvalue weighted by Crippen LogP contribution is 2.36. The third-order valence-corrected chi connectivity index (χ3v) is 5.73. The molecule has 0 fully saturated rings. The summed E-state index contributed by atoms with van der Waals surface area (Å²) >= 11 is 3.25. The van der Waals surface area contributed by atoms with Crippen LogP contribution in [-0.2, 0) is 0 Å². The largest absolute Gasteiger partial charge is 0.422 e. The average molecular weight is 352 g/mol. The summed E-state index contributed by atoms with van der Waals surface area (Å²) < 4.78 is 13.4. The first-order valence-electron chi connectivity index (χ1n) is 7.12. The van der Waals surface area contributed by atoms with Crippen molar-refractivity contribution in [2.75, 3.05) is 0 Å². The van der Waals surface area contributed by atoms with Crippen molar-refractivity contribution in [3.05, 3.63) is 58.3 Å². The molecule has 0 aliphatic rings. The molecular weight excluding hydrogens is 344 g/mol. The van der Waals surface area contributed by atoms with E-state index in [1.807, 2.05) is 29.6 Å². The maximum atomic E-state index is 12.2. The first kappa shape index (κ1) is 13.6. The third-order valence-electron chi connectivity index (χ3n) is 3.65. The lowest BCUT2D eigenvalue weighted by molar-refractivity contribution is 0.547. The van der Waals surface area contributed by atoms with Crippen LogP contribution in [0.3, 0.4) is 0 Å². The van der Waals surface area contributed by atoms with Gasteiger partial charge in [0.15, 0.2) is 0 Å². The Morgan fingerprint density at radius 3 is 2.71 bits per heavy atom. The minimum atomic E-state index is -0.490. The molecule has 5 aromatic rings. The molecule has 0 bridgehead atoms. The third kappa shape index (κ3) is 2.10. The van der Waals surface area contributed by atoms with Crippen molar-refractivity contribution < 1.29 is 8.83 Å². The number of aromatic nitrogens is 2. The van der Waals surface area contributed by atoms with Gasteiger partial charge in [-0.3, -0.25) is 0 Å². The van der Waals surface area contributed by atoms with Gasteiger partial charge < -0.3 is 8.83 Å². The molecule has 0 saturated heterocycles. The number of fused-ring (bicyclic) bond motifs is 2. The Kier molecular flexibility index (Phi) is 2.91. The van der Waals surface area contributed by atoms with E-state index in [9.17, 15) is 4.79 Å². The molecule has 0 amide bonds. The number of para-hydroxylation sites is 1. The molecule has 4 aromatic heterocycles. The van der Waals surface area contributed by atoms with Crippen molar-refractivity contribution in [2.24, 2.45) is 0 Å². The average Bonchev–Trinajstić information content (AvgIpc) is 3.29. The second-order valence-electron chi connectivity index (χ2n) is 5.16. The van der Waals surface area contributed by atoms with E-state index in [2.05, 4.69) is 16.3 Å². The Morgan fingerprint density at radius 2 is 1.79 bits per heavy atom. The van der Waals surface area contributed by atoms with Crippen LogP contribution in [0.25, 0.3) is 42.6 Å². The Bertz CT molecular complexity index is 1220. The van der Waals surface area contributed by atoms with Crippen molar-refractivity contribution in [1.82, 2.24) is 10.2 Å². The molecule has 0 atom stereocenters. The summed E-state index contributed by atoms with van der Waals surface area (Å²) in [6.45, 7) is 0. The van der Waals surface area contributed by atoms with Crippen LogP contribution in [0, 0.1) is 0 Å². The molecule has 0 unspecified atom stereocenters. The van der Waals surface area contributed by atoms with Crippen LogP contribution in [0.5, 0.6) is 0 Å². The molecule has 4 heterocycles. The van der Waals surface area contributed by atoms with Crippen LogP contribution in [0.1, 0.15) is 0 Å². The van der Waals surface area contributed by atoms with Crippen LogP contribution in [-0.4, -0.2) is 10.2 Å². The maximum absolute atomic E-state index is 12.2. The number of hydrogen-bond acceptors (Lipinski definition) is 7. The molecule has 0 aliphatic carbocycles. The molecule has 1 aromatic carbocycles. The van der Waals surface area contributed by atoms with Gasteiger partial charge in [-0.15, -0.1) is 32.9 Å². The summed E-state index contributed by atoms with van der Waals surface area (Å²) in [4.78, 5) is 13.1. The molecule has 0 aliphatic heterocycles. The van der Waals surface area contributed by atoms with Gasteiger partial charge in [-0.1, -0.05) is 18.2 Å². The van der Waals surface area contributed by atoms with Gasteiger partial charge in [0.05, 0.1) is 4.88 Å². The summed E-state index contributed by atoms with van der Waals surface area (Å²) in [5, 5.41) is 10.9. The number of rotatable bonds is 2. The molecule has 5 nitrogen and oxygen atoms in total. The molecular formula is C17H8N2O3S2. The quantitative estimate of drug-likeness (QED) is 0.427. The smallest absolute Gasteiger partial charge is 0.349 e. The van der Waals surface area contributed by atoms with Crippen molar-refractivity contribution in [1.29, 1.82) is 0 Å². The fourth-order valence-corrected chi connectivity index (χ4v) is 4.54. The van der Waals surface area contributed by atoms with Gasteiger partial charge in [0.2, 0.25) is 0 Å². The minimum absolute atomic E-state index is 0.168. The second kappa shape index (κ2) is 5.12. The van der Waals surface area contributed by atoms with Crippen molar-refractivity contribution >= 4 is 43.0 Å². The van der Waals surface area contributed by atoms with Crippen molar-refractivity contribution in [3.63, 3.8) is 0 Å². The van der Waals surface area contributed by atoms with Crippen LogP contribution >= 0.6 is 22.7 Å². The van der Waals surface area contributed by atoms with Gasteiger partial charge in [0.25, 0.3) is 11.8 Å². The zero-order valence-electron chi connectivity index (χ0n) is 12.1. The van der Waals surface area contributed by atoms with Gasteiger partial charge in [0.1, 0.15) is 11.1 Å². The number of nitrogens with zero attached hydrogens (tertiary/aromatic N) is 2. The zero-order chi connectivity index (χ0) is 16.1. The predicted molar refractivity (Wildman–Crippen MR) is 94.5 cm³/mol. The summed E-state index contributed by atoms with van der Waals surface area (Å²) in [6, 6.07) is 13.1. The highest BCUT2D eigenvalue weighted by atomic mass is 32.1. The second-order valence-corrected chi connectivity index (χ2v) is 7.19. The summed E-state index contributed by atoms with van der Waals surface area (Å²) in [5.41, 5.74) is 0.311. The lowest BCUT2D eigenvalue weighted by Gasteiger charge is -1.97. The fraction of sp³-hybridized carbons (Fsp3) is 0. The van der Waals surface area contributed by atoms with E-state index in [0.29, 0.717) is 11.5 Å². The lowest BCUT2D eigenvalue weighted by Crippen LogP contribution is -2.02. The molecule has 0 N–H and O–H groups in total. The molecule has 0 saturated carbocycles. The van der Waals surface area contributed by atoms with Gasteiger partial charge in [-0.2, -0.15) is 0 Å². The monoisotopic (exact) mass is 352 g/mol. The van der Waals surface area contributed by atoms with Crippen LogP contribution in [0.15, 0.2) is 61.5 Å². The number of hydrogen-bond donors (Lipinski definition) is 0. The van der Waals surface area contributed by atoms with E-state index in [1.165, 1.54) is 9.40 Å². The summed E-state index contributed by atoms with van der Waals surface area (Å²) in [5.74, 6) is 0.576. The van der Waals surface area contributed by atoms with Gasteiger partial charge in [0, 0.05) is 14.8 Å². The molecule has 5 rings (SSSR count). The topological polar surface area (TPSA) is 69.1 Å².